The average Bonchev–Trinajstić information content (AvgIpc) is 3.09. The summed E-state index contributed by atoms with van der Waals surface area (Å²) in [5.74, 6) is 2.21. The van der Waals surface area contributed by atoms with E-state index in [2.05, 4.69) is 39.0 Å². The zero-order chi connectivity index (χ0) is 16.2. The lowest BCUT2D eigenvalue weighted by atomic mass is 10.1. The van der Waals surface area contributed by atoms with Crippen molar-refractivity contribution >= 4 is 11.9 Å². The van der Waals surface area contributed by atoms with Crippen LogP contribution in [0.25, 0.3) is 0 Å². The van der Waals surface area contributed by atoms with Gasteiger partial charge in [0.2, 0.25) is 11.9 Å². The Hall–Kier alpha value is -1.47. The molecule has 3 rings (SSSR count). The van der Waals surface area contributed by atoms with Crippen LogP contribution in [0, 0.1) is 0 Å². The molecule has 1 saturated heterocycles. The molecule has 1 saturated carbocycles. The number of nitrogen functional groups attached to an aromatic ring is 1. The van der Waals surface area contributed by atoms with Gasteiger partial charge in [0.1, 0.15) is 5.82 Å². The summed E-state index contributed by atoms with van der Waals surface area (Å²) < 4.78 is 5.42. The number of ether oxygens (including phenoxy) is 1. The molecule has 2 aliphatic rings. The predicted molar refractivity (Wildman–Crippen MR) is 90.4 cm³/mol. The minimum atomic E-state index is 0.228. The standard InChI is InChI=1S/C16H28N6O/c1-11(12(2)22-7-9-23-10-8-22)18-16-20-14(19-15(17)21-16)13-5-3-4-6-13/h11-13H,3-10H2,1-2H3,(H3,17,18,19,20,21). The SMILES string of the molecule is CC(Nc1nc(N)nc(C2CCCC2)n1)C(C)N1CCOCC1. The topological polar surface area (TPSA) is 89.2 Å². The molecule has 0 bridgehead atoms. The highest BCUT2D eigenvalue weighted by Crippen LogP contribution is 2.32. The lowest BCUT2D eigenvalue weighted by Gasteiger charge is -2.35. The number of nitrogens with two attached hydrogens (primary N) is 1. The fourth-order valence-corrected chi connectivity index (χ4v) is 3.47. The Balaban J connectivity index is 1.66. The fourth-order valence-electron chi connectivity index (χ4n) is 3.47. The Morgan fingerprint density at radius 1 is 1.13 bits per heavy atom. The molecule has 0 aromatic carbocycles. The van der Waals surface area contributed by atoms with Crippen LogP contribution in [0.3, 0.4) is 0 Å². The number of anilines is 2. The van der Waals surface area contributed by atoms with Gasteiger partial charge in [0.15, 0.2) is 0 Å². The molecule has 23 heavy (non-hydrogen) atoms. The Morgan fingerprint density at radius 2 is 1.83 bits per heavy atom. The maximum atomic E-state index is 5.89. The monoisotopic (exact) mass is 320 g/mol. The third-order valence-corrected chi connectivity index (χ3v) is 5.09. The molecule has 2 heterocycles. The first-order valence-corrected chi connectivity index (χ1v) is 8.73. The normalized spacial score (nSPS) is 22.9. The van der Waals surface area contributed by atoms with E-state index in [9.17, 15) is 0 Å². The molecule has 1 aromatic heterocycles. The third kappa shape index (κ3) is 4.09. The zero-order valence-electron chi connectivity index (χ0n) is 14.2. The van der Waals surface area contributed by atoms with Crippen molar-refractivity contribution in [1.82, 2.24) is 19.9 Å². The van der Waals surface area contributed by atoms with E-state index in [4.69, 9.17) is 10.5 Å². The van der Waals surface area contributed by atoms with Crippen molar-refractivity contribution in [2.75, 3.05) is 37.4 Å². The van der Waals surface area contributed by atoms with E-state index in [0.29, 0.717) is 23.9 Å². The van der Waals surface area contributed by atoms with Crippen LogP contribution in [0.1, 0.15) is 51.3 Å². The molecule has 2 atom stereocenters. The maximum absolute atomic E-state index is 5.89. The van der Waals surface area contributed by atoms with Gasteiger partial charge in [-0.3, -0.25) is 4.90 Å². The van der Waals surface area contributed by atoms with Gasteiger partial charge in [-0.2, -0.15) is 15.0 Å². The first-order chi connectivity index (χ1) is 11.1. The van der Waals surface area contributed by atoms with Gasteiger partial charge in [0, 0.05) is 31.1 Å². The predicted octanol–water partition coefficient (Wildman–Crippen LogP) is 1.63. The van der Waals surface area contributed by atoms with Crippen molar-refractivity contribution in [2.45, 2.75) is 57.5 Å². The van der Waals surface area contributed by atoms with Crippen LogP contribution in [-0.2, 0) is 4.74 Å². The van der Waals surface area contributed by atoms with E-state index >= 15 is 0 Å². The van der Waals surface area contributed by atoms with E-state index in [-0.39, 0.29) is 6.04 Å². The van der Waals surface area contributed by atoms with Crippen LogP contribution in [-0.4, -0.2) is 58.2 Å². The number of morpholine rings is 1. The molecule has 2 fully saturated rings. The number of aromatic nitrogens is 3. The fraction of sp³-hybridized carbons (Fsp3) is 0.812. The van der Waals surface area contributed by atoms with E-state index in [1.54, 1.807) is 0 Å². The van der Waals surface area contributed by atoms with Crippen molar-refractivity contribution in [2.24, 2.45) is 0 Å². The Bertz CT molecular complexity index is 513. The van der Waals surface area contributed by atoms with Gasteiger partial charge in [-0.15, -0.1) is 0 Å². The van der Waals surface area contributed by atoms with Crippen LogP contribution in [0.15, 0.2) is 0 Å². The number of nitrogens with zero attached hydrogens (tertiary/aromatic N) is 4. The summed E-state index contributed by atoms with van der Waals surface area (Å²) in [6.07, 6.45) is 4.82. The summed E-state index contributed by atoms with van der Waals surface area (Å²) in [6, 6.07) is 0.609. The maximum Gasteiger partial charge on any atom is 0.228 e. The molecule has 2 unspecified atom stereocenters. The molecule has 1 aliphatic carbocycles. The minimum absolute atomic E-state index is 0.228. The molecule has 0 amide bonds. The van der Waals surface area contributed by atoms with Gasteiger partial charge >= 0.3 is 0 Å². The van der Waals surface area contributed by atoms with Gasteiger partial charge in [0.05, 0.1) is 13.2 Å². The van der Waals surface area contributed by atoms with Crippen LogP contribution < -0.4 is 11.1 Å². The summed E-state index contributed by atoms with van der Waals surface area (Å²) in [7, 11) is 0. The number of rotatable bonds is 5. The van der Waals surface area contributed by atoms with E-state index in [0.717, 1.165) is 45.0 Å². The van der Waals surface area contributed by atoms with E-state index in [1.165, 1.54) is 12.8 Å². The van der Waals surface area contributed by atoms with Crippen molar-refractivity contribution in [3.05, 3.63) is 5.82 Å². The number of hydrogen-bond donors (Lipinski definition) is 2. The van der Waals surface area contributed by atoms with Crippen LogP contribution in [0.2, 0.25) is 0 Å². The highest BCUT2D eigenvalue weighted by molar-refractivity contribution is 5.33. The van der Waals surface area contributed by atoms with Gasteiger partial charge in [-0.25, -0.2) is 0 Å². The van der Waals surface area contributed by atoms with Crippen molar-refractivity contribution in [1.29, 1.82) is 0 Å². The Morgan fingerprint density at radius 3 is 2.52 bits per heavy atom. The van der Waals surface area contributed by atoms with Gasteiger partial charge in [0.25, 0.3) is 0 Å². The second-order valence-corrected chi connectivity index (χ2v) is 6.68. The summed E-state index contributed by atoms with van der Waals surface area (Å²) in [5, 5.41) is 3.42. The summed E-state index contributed by atoms with van der Waals surface area (Å²) in [6.45, 7) is 7.95. The van der Waals surface area contributed by atoms with Crippen molar-refractivity contribution in [3.8, 4) is 0 Å². The largest absolute Gasteiger partial charge is 0.379 e. The Kier molecular flexibility index (Phi) is 5.27. The van der Waals surface area contributed by atoms with Gasteiger partial charge < -0.3 is 15.8 Å². The van der Waals surface area contributed by atoms with Crippen LogP contribution >= 0.6 is 0 Å². The number of hydrogen-bond acceptors (Lipinski definition) is 7. The molecule has 0 spiro atoms. The first-order valence-electron chi connectivity index (χ1n) is 8.73. The van der Waals surface area contributed by atoms with Gasteiger partial charge in [-0.05, 0) is 26.7 Å². The summed E-state index contributed by atoms with van der Waals surface area (Å²) in [5.41, 5.74) is 5.89. The lowest BCUT2D eigenvalue weighted by Crippen LogP contribution is -2.49. The highest BCUT2D eigenvalue weighted by atomic mass is 16.5. The smallest absolute Gasteiger partial charge is 0.228 e. The molecule has 3 N–H and O–H groups in total. The van der Waals surface area contributed by atoms with E-state index in [1.807, 2.05) is 0 Å². The second kappa shape index (κ2) is 7.40. The molecule has 1 aliphatic heterocycles. The zero-order valence-corrected chi connectivity index (χ0v) is 14.2. The second-order valence-electron chi connectivity index (χ2n) is 6.68. The molecular formula is C16H28N6O. The summed E-state index contributed by atoms with van der Waals surface area (Å²) in [4.78, 5) is 15.7. The minimum Gasteiger partial charge on any atom is -0.379 e. The molecule has 128 valence electrons. The molecular weight excluding hydrogens is 292 g/mol. The van der Waals surface area contributed by atoms with Crippen LogP contribution in [0.4, 0.5) is 11.9 Å². The summed E-state index contributed by atoms with van der Waals surface area (Å²) >= 11 is 0. The van der Waals surface area contributed by atoms with E-state index < -0.39 is 0 Å². The lowest BCUT2D eigenvalue weighted by molar-refractivity contribution is 0.0175. The average molecular weight is 320 g/mol. The molecule has 1 aromatic rings. The highest BCUT2D eigenvalue weighted by Gasteiger charge is 2.24. The molecule has 7 nitrogen and oxygen atoms in total. The number of nitrogens with one attached hydrogen (secondary N) is 1. The van der Waals surface area contributed by atoms with Crippen molar-refractivity contribution < 1.29 is 4.74 Å². The quantitative estimate of drug-likeness (QED) is 0.852. The third-order valence-electron chi connectivity index (χ3n) is 5.09. The molecule has 0 radical (unpaired) electrons. The van der Waals surface area contributed by atoms with Crippen molar-refractivity contribution in [3.63, 3.8) is 0 Å². The first kappa shape index (κ1) is 16.4. The van der Waals surface area contributed by atoms with Crippen LogP contribution in [0.5, 0.6) is 0 Å². The Labute approximate surface area is 138 Å². The van der Waals surface area contributed by atoms with Gasteiger partial charge in [-0.1, -0.05) is 12.8 Å². The molecule has 7 heteroatoms.